The molecule has 1 unspecified atom stereocenters. The molecule has 0 saturated carbocycles. The van der Waals surface area contributed by atoms with Crippen molar-refractivity contribution in [2.45, 2.75) is 17.9 Å². The van der Waals surface area contributed by atoms with E-state index in [0.29, 0.717) is 11.5 Å². The summed E-state index contributed by atoms with van der Waals surface area (Å²) in [6, 6.07) is 11.8. The van der Waals surface area contributed by atoms with E-state index < -0.39 is 28.0 Å². The van der Waals surface area contributed by atoms with Crippen LogP contribution in [-0.4, -0.2) is 32.9 Å². The summed E-state index contributed by atoms with van der Waals surface area (Å²) < 4.78 is 32.6. The van der Waals surface area contributed by atoms with Gasteiger partial charge in [-0.25, -0.2) is 17.9 Å². The molecule has 136 valence electrons. The van der Waals surface area contributed by atoms with Gasteiger partial charge >= 0.3 is 6.03 Å². The molecule has 3 amide bonds. The first-order chi connectivity index (χ1) is 12.3. The van der Waals surface area contributed by atoms with E-state index in [1.165, 1.54) is 12.1 Å². The number of imide groups is 1. The second kappa shape index (κ2) is 7.14. The Morgan fingerprint density at radius 2 is 1.77 bits per heavy atom. The van der Waals surface area contributed by atoms with E-state index in [1.54, 1.807) is 12.1 Å². The van der Waals surface area contributed by atoms with Crippen LogP contribution in [0.2, 0.25) is 0 Å². The molecule has 0 bridgehead atoms. The van der Waals surface area contributed by atoms with Crippen LogP contribution < -0.4 is 20.1 Å². The van der Waals surface area contributed by atoms with Gasteiger partial charge in [-0.15, -0.1) is 0 Å². The molecule has 3 N–H and O–H groups in total. The maximum absolute atomic E-state index is 12.3. The third-order valence-electron chi connectivity index (χ3n) is 3.79. The van der Waals surface area contributed by atoms with Gasteiger partial charge in [0.2, 0.25) is 10.0 Å². The molecule has 1 aliphatic heterocycles. The average molecular weight is 375 g/mol. The summed E-state index contributed by atoms with van der Waals surface area (Å²) in [5.74, 6) is 0.615. The van der Waals surface area contributed by atoms with Crippen molar-refractivity contribution < 1.29 is 22.7 Å². The van der Waals surface area contributed by atoms with E-state index in [4.69, 9.17) is 4.74 Å². The van der Waals surface area contributed by atoms with Gasteiger partial charge < -0.3 is 10.1 Å². The molecule has 1 saturated heterocycles. The van der Waals surface area contributed by atoms with Crippen molar-refractivity contribution in [2.75, 3.05) is 6.54 Å². The highest BCUT2D eigenvalue weighted by Crippen LogP contribution is 2.25. The maximum Gasteiger partial charge on any atom is 0.322 e. The molecular formula is C17H17N3O5S. The minimum Gasteiger partial charge on any atom is -0.457 e. The number of hydrogen-bond donors (Lipinski definition) is 3. The molecule has 1 heterocycles. The number of benzene rings is 2. The van der Waals surface area contributed by atoms with E-state index in [9.17, 15) is 18.0 Å². The molecule has 0 aliphatic carbocycles. The smallest absolute Gasteiger partial charge is 0.322 e. The molecule has 0 radical (unpaired) electrons. The first kappa shape index (κ1) is 17.9. The van der Waals surface area contributed by atoms with Gasteiger partial charge in [0, 0.05) is 6.54 Å². The lowest BCUT2D eigenvalue weighted by molar-refractivity contribution is -0.120. The first-order valence-electron chi connectivity index (χ1n) is 7.80. The van der Waals surface area contributed by atoms with Gasteiger partial charge in [0.15, 0.2) is 0 Å². The van der Waals surface area contributed by atoms with Crippen LogP contribution in [0.15, 0.2) is 53.4 Å². The Morgan fingerprint density at radius 1 is 1.08 bits per heavy atom. The van der Waals surface area contributed by atoms with Gasteiger partial charge in [-0.1, -0.05) is 18.2 Å². The number of hydrogen-bond acceptors (Lipinski definition) is 5. The van der Waals surface area contributed by atoms with Crippen LogP contribution in [0.4, 0.5) is 4.79 Å². The number of carbonyl (C=O) groups excluding carboxylic acids is 2. The van der Waals surface area contributed by atoms with Crippen molar-refractivity contribution >= 4 is 22.0 Å². The number of amides is 3. The molecule has 1 fully saturated rings. The van der Waals surface area contributed by atoms with Crippen molar-refractivity contribution in [1.82, 2.24) is 15.4 Å². The van der Waals surface area contributed by atoms with Crippen molar-refractivity contribution in [3.8, 4) is 11.5 Å². The highest BCUT2D eigenvalue weighted by atomic mass is 32.2. The largest absolute Gasteiger partial charge is 0.457 e. The SMILES string of the molecule is Cc1ccccc1Oc1ccc(S(=O)(=O)NCC2NC(=O)NC2=O)cc1. The standard InChI is InChI=1S/C17H17N3O5S/c1-11-4-2-3-5-15(11)25-12-6-8-13(9-7-12)26(23,24)18-10-14-16(21)20-17(22)19-14/h2-9,14,18H,10H2,1H3,(H2,19,20,21,22). The molecular weight excluding hydrogens is 358 g/mol. The number of para-hydroxylation sites is 1. The zero-order valence-electron chi connectivity index (χ0n) is 13.9. The lowest BCUT2D eigenvalue weighted by atomic mass is 10.2. The fourth-order valence-electron chi connectivity index (χ4n) is 2.36. The van der Waals surface area contributed by atoms with Crippen LogP contribution >= 0.6 is 0 Å². The highest BCUT2D eigenvalue weighted by molar-refractivity contribution is 7.89. The quantitative estimate of drug-likeness (QED) is 0.658. The minimum absolute atomic E-state index is 0.0272. The minimum atomic E-state index is -3.82. The van der Waals surface area contributed by atoms with Crippen molar-refractivity contribution in [3.63, 3.8) is 0 Å². The number of carbonyl (C=O) groups is 2. The van der Waals surface area contributed by atoms with Gasteiger partial charge in [-0.2, -0.15) is 0 Å². The summed E-state index contributed by atoms with van der Waals surface area (Å²) in [5.41, 5.74) is 0.961. The number of urea groups is 1. The van der Waals surface area contributed by atoms with Crippen LogP contribution in [0.5, 0.6) is 11.5 Å². The molecule has 1 aliphatic rings. The normalized spacial score (nSPS) is 16.9. The van der Waals surface area contributed by atoms with E-state index >= 15 is 0 Å². The Bertz CT molecular complexity index is 941. The molecule has 26 heavy (non-hydrogen) atoms. The Morgan fingerprint density at radius 3 is 2.38 bits per heavy atom. The summed E-state index contributed by atoms with van der Waals surface area (Å²) in [4.78, 5) is 22.5. The van der Waals surface area contributed by atoms with Gasteiger partial charge in [0.05, 0.1) is 4.90 Å². The summed E-state index contributed by atoms with van der Waals surface area (Å²) in [7, 11) is -3.82. The number of ether oxygens (including phenoxy) is 1. The van der Waals surface area contributed by atoms with Crippen molar-refractivity contribution in [1.29, 1.82) is 0 Å². The molecule has 0 aromatic heterocycles. The van der Waals surface area contributed by atoms with Gasteiger partial charge in [-0.3, -0.25) is 10.1 Å². The van der Waals surface area contributed by atoms with Crippen LogP contribution in [0, 0.1) is 6.92 Å². The zero-order valence-corrected chi connectivity index (χ0v) is 14.7. The van der Waals surface area contributed by atoms with Crippen molar-refractivity contribution in [3.05, 3.63) is 54.1 Å². The van der Waals surface area contributed by atoms with Gasteiger partial charge in [0.1, 0.15) is 17.5 Å². The second-order valence-electron chi connectivity index (χ2n) is 5.71. The lowest BCUT2D eigenvalue weighted by Gasteiger charge is -2.11. The van der Waals surface area contributed by atoms with E-state index in [0.717, 1.165) is 5.56 Å². The van der Waals surface area contributed by atoms with Gasteiger partial charge in [-0.05, 0) is 42.8 Å². The molecule has 8 nitrogen and oxygen atoms in total. The average Bonchev–Trinajstić information content (AvgIpc) is 2.93. The lowest BCUT2D eigenvalue weighted by Crippen LogP contribution is -2.41. The Hall–Kier alpha value is -2.91. The van der Waals surface area contributed by atoms with Crippen molar-refractivity contribution in [2.24, 2.45) is 0 Å². The number of sulfonamides is 1. The fraction of sp³-hybridized carbons (Fsp3) is 0.176. The molecule has 2 aromatic carbocycles. The monoisotopic (exact) mass is 375 g/mol. The second-order valence-corrected chi connectivity index (χ2v) is 7.47. The zero-order chi connectivity index (χ0) is 18.7. The summed E-state index contributed by atoms with van der Waals surface area (Å²) in [6.07, 6.45) is 0. The highest BCUT2D eigenvalue weighted by Gasteiger charge is 2.30. The summed E-state index contributed by atoms with van der Waals surface area (Å²) in [5, 5.41) is 4.36. The van der Waals surface area contributed by atoms with Crippen LogP contribution in [0.1, 0.15) is 5.56 Å². The third kappa shape index (κ3) is 4.01. The molecule has 9 heteroatoms. The Kier molecular flexibility index (Phi) is 4.92. The Balaban J connectivity index is 1.66. The predicted molar refractivity (Wildman–Crippen MR) is 93.3 cm³/mol. The van der Waals surface area contributed by atoms with E-state index in [1.807, 2.05) is 36.5 Å². The molecule has 0 spiro atoms. The molecule has 2 aromatic rings. The maximum atomic E-state index is 12.3. The van der Waals surface area contributed by atoms with Gasteiger partial charge in [0.25, 0.3) is 5.91 Å². The third-order valence-corrected chi connectivity index (χ3v) is 5.23. The van der Waals surface area contributed by atoms with Crippen LogP contribution in [-0.2, 0) is 14.8 Å². The van der Waals surface area contributed by atoms with Crippen LogP contribution in [0.25, 0.3) is 0 Å². The number of rotatable bonds is 6. The topological polar surface area (TPSA) is 114 Å². The fourth-order valence-corrected chi connectivity index (χ4v) is 3.41. The van der Waals surface area contributed by atoms with E-state index in [-0.39, 0.29) is 11.4 Å². The molecule has 1 atom stereocenters. The van der Waals surface area contributed by atoms with Crippen LogP contribution in [0.3, 0.4) is 0 Å². The number of nitrogens with one attached hydrogen (secondary N) is 3. The predicted octanol–water partition coefficient (Wildman–Crippen LogP) is 1.27. The summed E-state index contributed by atoms with van der Waals surface area (Å²) in [6.45, 7) is 1.68. The van der Waals surface area contributed by atoms with E-state index in [2.05, 4.69) is 10.0 Å². The Labute approximate surface area is 150 Å². The summed E-state index contributed by atoms with van der Waals surface area (Å²) >= 11 is 0. The molecule has 3 rings (SSSR count). The first-order valence-corrected chi connectivity index (χ1v) is 9.28. The number of aryl methyl sites for hydroxylation is 1.